The number of nitrogens with two attached hydrogens (primary N) is 1. The highest BCUT2D eigenvalue weighted by molar-refractivity contribution is 5.85. The zero-order valence-electron chi connectivity index (χ0n) is 5.58. The molecule has 0 saturated heterocycles. The van der Waals surface area contributed by atoms with Crippen LogP contribution in [-0.2, 0) is 6.54 Å². The molecular formula is C5H8ClF2N3. The van der Waals surface area contributed by atoms with Gasteiger partial charge in [-0.25, -0.2) is 4.68 Å². The Hall–Kier alpha value is -0.680. The molecule has 1 aromatic rings. The Morgan fingerprint density at radius 3 is 2.64 bits per heavy atom. The predicted octanol–water partition coefficient (Wildman–Crippen LogP) is 1.16. The molecule has 0 aliphatic carbocycles. The monoisotopic (exact) mass is 183 g/mol. The highest BCUT2D eigenvalue weighted by Gasteiger charge is 2.08. The van der Waals surface area contributed by atoms with Crippen LogP contribution in [0.1, 0.15) is 12.2 Å². The molecule has 3 nitrogen and oxygen atoms in total. The fraction of sp³-hybridized carbons (Fsp3) is 0.400. The van der Waals surface area contributed by atoms with Crippen LogP contribution in [0.3, 0.4) is 0 Å². The zero-order chi connectivity index (χ0) is 7.56. The Balaban J connectivity index is 0.000001000. The van der Waals surface area contributed by atoms with Crippen molar-refractivity contribution in [1.82, 2.24) is 9.78 Å². The van der Waals surface area contributed by atoms with Crippen molar-refractivity contribution in [2.24, 2.45) is 5.73 Å². The van der Waals surface area contributed by atoms with Gasteiger partial charge in [0.1, 0.15) is 0 Å². The van der Waals surface area contributed by atoms with Crippen LogP contribution in [0.15, 0.2) is 12.3 Å². The largest absolute Gasteiger partial charge is 0.333 e. The number of rotatable bonds is 2. The van der Waals surface area contributed by atoms with Crippen LogP contribution >= 0.6 is 12.4 Å². The zero-order valence-corrected chi connectivity index (χ0v) is 6.39. The summed E-state index contributed by atoms with van der Waals surface area (Å²) in [6.07, 6.45) is 1.30. The van der Waals surface area contributed by atoms with Crippen LogP contribution in [0.25, 0.3) is 0 Å². The topological polar surface area (TPSA) is 43.8 Å². The third kappa shape index (κ3) is 2.13. The van der Waals surface area contributed by atoms with Gasteiger partial charge < -0.3 is 5.73 Å². The first kappa shape index (κ1) is 10.3. The van der Waals surface area contributed by atoms with E-state index in [4.69, 9.17) is 5.73 Å². The molecule has 2 N–H and O–H groups in total. The van der Waals surface area contributed by atoms with Gasteiger partial charge in [0.2, 0.25) is 0 Å². The molecule has 0 unspecified atom stereocenters. The minimum absolute atomic E-state index is 0. The van der Waals surface area contributed by atoms with Gasteiger partial charge in [0.25, 0.3) is 0 Å². The van der Waals surface area contributed by atoms with E-state index < -0.39 is 6.55 Å². The quantitative estimate of drug-likeness (QED) is 0.748. The van der Waals surface area contributed by atoms with Gasteiger partial charge in [-0.15, -0.1) is 12.4 Å². The number of nitrogens with zero attached hydrogens (tertiary/aromatic N) is 2. The molecule has 1 rings (SSSR count). The molecule has 0 amide bonds. The van der Waals surface area contributed by atoms with Crippen molar-refractivity contribution in [3.05, 3.63) is 18.0 Å². The summed E-state index contributed by atoms with van der Waals surface area (Å²) in [7, 11) is 0. The van der Waals surface area contributed by atoms with Gasteiger partial charge in [-0.1, -0.05) is 0 Å². The first-order valence-corrected chi connectivity index (χ1v) is 2.76. The minimum atomic E-state index is -2.59. The second-order valence-electron chi connectivity index (χ2n) is 1.75. The van der Waals surface area contributed by atoms with Crippen molar-refractivity contribution >= 4 is 12.4 Å². The first-order chi connectivity index (χ1) is 4.75. The Morgan fingerprint density at radius 1 is 1.64 bits per heavy atom. The molecule has 0 radical (unpaired) electrons. The summed E-state index contributed by atoms with van der Waals surface area (Å²) in [5, 5.41) is 3.37. The van der Waals surface area contributed by atoms with Crippen LogP contribution in [0, 0.1) is 0 Å². The molecular weight excluding hydrogens is 176 g/mol. The number of alkyl halides is 2. The molecule has 0 spiro atoms. The van der Waals surface area contributed by atoms with E-state index in [0.717, 1.165) is 0 Å². The van der Waals surface area contributed by atoms with E-state index in [1.54, 1.807) is 0 Å². The van der Waals surface area contributed by atoms with Crippen LogP contribution < -0.4 is 5.73 Å². The number of hydrogen-bond donors (Lipinski definition) is 1. The van der Waals surface area contributed by atoms with E-state index in [2.05, 4.69) is 5.10 Å². The van der Waals surface area contributed by atoms with Gasteiger partial charge in [0, 0.05) is 12.7 Å². The van der Waals surface area contributed by atoms with Crippen molar-refractivity contribution in [1.29, 1.82) is 0 Å². The number of halogens is 3. The van der Waals surface area contributed by atoms with Gasteiger partial charge in [0.15, 0.2) is 0 Å². The minimum Gasteiger partial charge on any atom is -0.325 e. The van der Waals surface area contributed by atoms with Gasteiger partial charge in [0.05, 0.1) is 5.69 Å². The molecule has 0 aliphatic heterocycles. The fourth-order valence-electron chi connectivity index (χ4n) is 0.679. The standard InChI is InChI=1S/C5H7F2N3.ClH/c6-5(7)10-4(3-8)1-2-9-10;/h1-2,5H,3,8H2;1H. The molecule has 1 heterocycles. The summed E-state index contributed by atoms with van der Waals surface area (Å²) in [5.74, 6) is 0. The summed E-state index contributed by atoms with van der Waals surface area (Å²) in [4.78, 5) is 0. The van der Waals surface area contributed by atoms with Crippen molar-refractivity contribution in [2.45, 2.75) is 13.1 Å². The van der Waals surface area contributed by atoms with Crippen LogP contribution in [0.5, 0.6) is 0 Å². The maximum Gasteiger partial charge on any atom is 0.333 e. The summed E-state index contributed by atoms with van der Waals surface area (Å²) in [6.45, 7) is -2.50. The van der Waals surface area contributed by atoms with Gasteiger partial charge in [-0.05, 0) is 6.07 Å². The SMILES string of the molecule is Cl.NCc1ccnn1C(F)F. The number of aromatic nitrogens is 2. The lowest BCUT2D eigenvalue weighted by molar-refractivity contribution is 0.0535. The van der Waals surface area contributed by atoms with E-state index >= 15 is 0 Å². The average molecular weight is 184 g/mol. The third-order valence-corrected chi connectivity index (χ3v) is 1.15. The molecule has 6 heteroatoms. The van der Waals surface area contributed by atoms with Gasteiger partial charge in [-0.2, -0.15) is 13.9 Å². The van der Waals surface area contributed by atoms with E-state index in [-0.39, 0.29) is 19.0 Å². The van der Waals surface area contributed by atoms with E-state index in [0.29, 0.717) is 10.4 Å². The Morgan fingerprint density at radius 2 is 2.27 bits per heavy atom. The smallest absolute Gasteiger partial charge is 0.325 e. The number of hydrogen-bond acceptors (Lipinski definition) is 2. The Kier molecular flexibility index (Phi) is 3.99. The highest BCUT2D eigenvalue weighted by Crippen LogP contribution is 2.10. The average Bonchev–Trinajstić information content (AvgIpc) is 2.33. The molecule has 64 valence electrons. The molecule has 0 aromatic carbocycles. The van der Waals surface area contributed by atoms with Crippen LogP contribution in [0.2, 0.25) is 0 Å². The first-order valence-electron chi connectivity index (χ1n) is 2.76. The lowest BCUT2D eigenvalue weighted by atomic mass is 10.4. The van der Waals surface area contributed by atoms with Crippen molar-refractivity contribution in [3.63, 3.8) is 0 Å². The molecule has 1 aromatic heterocycles. The second-order valence-corrected chi connectivity index (χ2v) is 1.75. The summed E-state index contributed by atoms with van der Waals surface area (Å²) >= 11 is 0. The van der Waals surface area contributed by atoms with Gasteiger partial charge >= 0.3 is 6.55 Å². The highest BCUT2D eigenvalue weighted by atomic mass is 35.5. The predicted molar refractivity (Wildman–Crippen MR) is 38.6 cm³/mol. The summed E-state index contributed by atoms with van der Waals surface area (Å²) in [5.41, 5.74) is 5.48. The van der Waals surface area contributed by atoms with E-state index in [1.807, 2.05) is 0 Å². The fourth-order valence-corrected chi connectivity index (χ4v) is 0.679. The molecule has 0 atom stereocenters. The molecule has 0 aliphatic rings. The van der Waals surface area contributed by atoms with E-state index in [1.165, 1.54) is 12.3 Å². The normalized spacial score (nSPS) is 9.82. The lowest BCUT2D eigenvalue weighted by Crippen LogP contribution is -2.08. The Labute approximate surface area is 68.6 Å². The molecule has 0 bridgehead atoms. The maximum absolute atomic E-state index is 11.9. The third-order valence-electron chi connectivity index (χ3n) is 1.15. The van der Waals surface area contributed by atoms with E-state index in [9.17, 15) is 8.78 Å². The van der Waals surface area contributed by atoms with Gasteiger partial charge in [-0.3, -0.25) is 0 Å². The summed E-state index contributed by atoms with van der Waals surface area (Å²) < 4.78 is 24.4. The molecule has 11 heavy (non-hydrogen) atoms. The van der Waals surface area contributed by atoms with Crippen molar-refractivity contribution in [3.8, 4) is 0 Å². The maximum atomic E-state index is 11.9. The van der Waals surface area contributed by atoms with Crippen molar-refractivity contribution in [2.75, 3.05) is 0 Å². The summed E-state index contributed by atoms with van der Waals surface area (Å²) in [6, 6.07) is 1.46. The second kappa shape index (κ2) is 4.25. The van der Waals surface area contributed by atoms with Crippen molar-refractivity contribution < 1.29 is 8.78 Å². The molecule has 0 saturated carbocycles. The van der Waals surface area contributed by atoms with Crippen LogP contribution in [-0.4, -0.2) is 9.78 Å². The van der Waals surface area contributed by atoms with Crippen LogP contribution in [0.4, 0.5) is 8.78 Å². The molecule has 0 fully saturated rings. The lowest BCUT2D eigenvalue weighted by Gasteiger charge is -2.01. The Bertz CT molecular complexity index is 213.